The van der Waals surface area contributed by atoms with Gasteiger partial charge in [0.25, 0.3) is 5.91 Å². The molecule has 1 aliphatic rings. The topological polar surface area (TPSA) is 121 Å². The first kappa shape index (κ1) is 23.4. The Morgan fingerprint density at radius 2 is 2.03 bits per heavy atom. The lowest BCUT2D eigenvalue weighted by Gasteiger charge is -2.25. The summed E-state index contributed by atoms with van der Waals surface area (Å²) < 4.78 is 5.49. The van der Waals surface area contributed by atoms with E-state index in [4.69, 9.17) is 4.74 Å². The van der Waals surface area contributed by atoms with Crippen molar-refractivity contribution >= 4 is 44.4 Å². The van der Waals surface area contributed by atoms with Gasteiger partial charge in [0.15, 0.2) is 5.13 Å². The van der Waals surface area contributed by atoms with Crippen LogP contribution in [0.3, 0.4) is 0 Å². The minimum atomic E-state index is -0.396. The quantitative estimate of drug-likeness (QED) is 0.423. The molecule has 180 valence electrons. The van der Waals surface area contributed by atoms with Crippen molar-refractivity contribution in [3.63, 3.8) is 0 Å². The smallest absolute Gasteiger partial charge is 0.259 e. The molecule has 0 unspecified atom stereocenters. The number of aryl methyl sites for hydroxylation is 1. The van der Waals surface area contributed by atoms with Gasteiger partial charge in [0.2, 0.25) is 5.91 Å². The molecule has 1 aromatic carbocycles. The molecule has 4 heterocycles. The van der Waals surface area contributed by atoms with E-state index in [2.05, 4.69) is 26.3 Å². The number of amides is 2. The molecule has 9 nitrogen and oxygen atoms in total. The fourth-order valence-corrected chi connectivity index (χ4v) is 5.00. The molecule has 0 saturated carbocycles. The van der Waals surface area contributed by atoms with Crippen molar-refractivity contribution in [3.8, 4) is 22.9 Å². The molecule has 4 aromatic rings. The highest BCUT2D eigenvalue weighted by Crippen LogP contribution is 2.34. The third-order valence-electron chi connectivity index (χ3n) is 5.97. The molecule has 10 heteroatoms. The second-order valence-electron chi connectivity index (χ2n) is 8.37. The Morgan fingerprint density at radius 1 is 1.17 bits per heavy atom. The number of benzene rings is 1. The van der Waals surface area contributed by atoms with E-state index in [9.17, 15) is 14.9 Å². The van der Waals surface area contributed by atoms with Gasteiger partial charge in [-0.05, 0) is 56.2 Å². The largest absolute Gasteiger partial charge is 0.496 e. The normalized spacial score (nSPS) is 13.5. The number of hydrogen-bond acceptors (Lipinski definition) is 8. The highest BCUT2D eigenvalue weighted by molar-refractivity contribution is 7.22. The van der Waals surface area contributed by atoms with Gasteiger partial charge < -0.3 is 4.74 Å². The summed E-state index contributed by atoms with van der Waals surface area (Å²) in [5.74, 6) is 0.815. The molecule has 36 heavy (non-hydrogen) atoms. The number of methoxy groups -OCH3 is 1. The Balaban J connectivity index is 1.47. The standard InChI is InChI=1S/C26H22N6O3S/c1-15-11-17(18-12-16(13-27)6-8-21(18)35-2)19(14-28-15)24(34)31-26-29-20-7-9-22(30-25(20)36-26)32-10-4-3-5-23(32)33/h6-9,11-12,14H,3-5,10H2,1-2H3,(H,29,31,34). The van der Waals surface area contributed by atoms with Crippen LogP contribution in [0.4, 0.5) is 10.9 Å². The number of carbonyl (C=O) groups excluding carboxylic acids is 2. The Bertz CT molecular complexity index is 1540. The van der Waals surface area contributed by atoms with Crippen molar-refractivity contribution in [1.82, 2.24) is 15.0 Å². The van der Waals surface area contributed by atoms with Gasteiger partial charge in [0.05, 0.1) is 24.3 Å². The van der Waals surface area contributed by atoms with Gasteiger partial charge in [-0.25, -0.2) is 9.97 Å². The number of aromatic nitrogens is 3. The molecule has 2 amide bonds. The molecule has 3 aromatic heterocycles. The van der Waals surface area contributed by atoms with Gasteiger partial charge >= 0.3 is 0 Å². The third-order valence-corrected chi connectivity index (χ3v) is 6.85. The number of nitrogens with zero attached hydrogens (tertiary/aromatic N) is 5. The van der Waals surface area contributed by atoms with Crippen molar-refractivity contribution < 1.29 is 14.3 Å². The summed E-state index contributed by atoms with van der Waals surface area (Å²) in [6.45, 7) is 2.48. The van der Waals surface area contributed by atoms with Gasteiger partial charge in [0.1, 0.15) is 21.9 Å². The minimum Gasteiger partial charge on any atom is -0.496 e. The number of ether oxygens (including phenoxy) is 1. The van der Waals surface area contributed by atoms with Gasteiger partial charge in [-0.2, -0.15) is 5.26 Å². The van der Waals surface area contributed by atoms with E-state index < -0.39 is 5.91 Å². The Morgan fingerprint density at radius 3 is 2.81 bits per heavy atom. The molecule has 0 spiro atoms. The molecule has 0 aliphatic carbocycles. The highest BCUT2D eigenvalue weighted by Gasteiger charge is 2.22. The van der Waals surface area contributed by atoms with Crippen LogP contribution in [0, 0.1) is 18.3 Å². The molecule has 1 fully saturated rings. The highest BCUT2D eigenvalue weighted by atomic mass is 32.1. The summed E-state index contributed by atoms with van der Waals surface area (Å²) in [7, 11) is 1.54. The molecule has 5 rings (SSSR count). The molecule has 1 saturated heterocycles. The lowest BCUT2D eigenvalue weighted by atomic mass is 9.97. The molecule has 0 bridgehead atoms. The molecule has 1 aliphatic heterocycles. The molecule has 0 atom stereocenters. The summed E-state index contributed by atoms with van der Waals surface area (Å²) in [6.07, 6.45) is 3.88. The molecule has 1 N–H and O–H groups in total. The number of nitriles is 1. The Labute approximate surface area is 211 Å². The zero-order chi connectivity index (χ0) is 25.2. The van der Waals surface area contributed by atoms with E-state index >= 15 is 0 Å². The second kappa shape index (κ2) is 9.71. The fourth-order valence-electron chi connectivity index (χ4n) is 4.18. The summed E-state index contributed by atoms with van der Waals surface area (Å²) >= 11 is 1.24. The number of nitrogens with one attached hydrogen (secondary N) is 1. The van der Waals surface area contributed by atoms with E-state index in [-0.39, 0.29) is 5.91 Å². The Hall–Kier alpha value is -4.36. The van der Waals surface area contributed by atoms with Crippen LogP contribution >= 0.6 is 11.3 Å². The summed E-state index contributed by atoms with van der Waals surface area (Å²) in [4.78, 5) is 41.4. The number of pyridine rings is 2. The van der Waals surface area contributed by atoms with Crippen molar-refractivity contribution in [2.45, 2.75) is 26.2 Å². The zero-order valence-corrected chi connectivity index (χ0v) is 20.6. The minimum absolute atomic E-state index is 0.0708. The predicted octanol–water partition coefficient (Wildman–Crippen LogP) is 4.71. The second-order valence-corrected chi connectivity index (χ2v) is 9.35. The maximum absolute atomic E-state index is 13.3. The van der Waals surface area contributed by atoms with E-state index in [1.54, 1.807) is 42.3 Å². The maximum atomic E-state index is 13.3. The number of thiazole rings is 1. The van der Waals surface area contributed by atoms with Gasteiger partial charge in [-0.15, -0.1) is 0 Å². The third kappa shape index (κ3) is 4.48. The number of anilines is 2. The fraction of sp³-hybridized carbons (Fsp3) is 0.231. The summed E-state index contributed by atoms with van der Waals surface area (Å²) in [5.41, 5.74) is 3.34. The van der Waals surface area contributed by atoms with Crippen molar-refractivity contribution in [3.05, 3.63) is 59.4 Å². The monoisotopic (exact) mass is 498 g/mol. The van der Waals surface area contributed by atoms with Crippen LogP contribution in [0.25, 0.3) is 21.5 Å². The van der Waals surface area contributed by atoms with Crippen LogP contribution < -0.4 is 15.0 Å². The molecular weight excluding hydrogens is 476 g/mol. The lowest BCUT2D eigenvalue weighted by Crippen LogP contribution is -2.35. The first-order valence-electron chi connectivity index (χ1n) is 11.4. The Kier molecular flexibility index (Phi) is 6.31. The van der Waals surface area contributed by atoms with Crippen LogP contribution in [0.2, 0.25) is 0 Å². The first-order chi connectivity index (χ1) is 17.5. The van der Waals surface area contributed by atoms with Gasteiger partial charge in [0, 0.05) is 36.0 Å². The van der Waals surface area contributed by atoms with Crippen molar-refractivity contribution in [2.24, 2.45) is 0 Å². The average Bonchev–Trinajstić information content (AvgIpc) is 3.29. The van der Waals surface area contributed by atoms with Gasteiger partial charge in [-0.1, -0.05) is 11.3 Å². The van der Waals surface area contributed by atoms with E-state index in [0.717, 1.165) is 18.5 Å². The lowest BCUT2D eigenvalue weighted by molar-refractivity contribution is -0.119. The van der Waals surface area contributed by atoms with E-state index in [1.807, 2.05) is 13.0 Å². The number of fused-ring (bicyclic) bond motifs is 1. The predicted molar refractivity (Wildman–Crippen MR) is 137 cm³/mol. The maximum Gasteiger partial charge on any atom is 0.259 e. The van der Waals surface area contributed by atoms with Crippen LogP contribution in [0.5, 0.6) is 5.75 Å². The van der Waals surface area contributed by atoms with Crippen LogP contribution in [0.15, 0.2) is 42.6 Å². The number of hydrogen-bond donors (Lipinski definition) is 1. The molecule has 0 radical (unpaired) electrons. The van der Waals surface area contributed by atoms with Crippen molar-refractivity contribution in [1.29, 1.82) is 5.26 Å². The number of piperidine rings is 1. The van der Waals surface area contributed by atoms with Gasteiger partial charge in [-0.3, -0.25) is 24.8 Å². The molecular formula is C26H22N6O3S. The van der Waals surface area contributed by atoms with Crippen molar-refractivity contribution in [2.75, 3.05) is 23.9 Å². The van der Waals surface area contributed by atoms with E-state index in [1.165, 1.54) is 17.5 Å². The number of carbonyl (C=O) groups is 2. The number of rotatable bonds is 5. The van der Waals surface area contributed by atoms with Crippen LogP contribution in [-0.2, 0) is 4.79 Å². The summed E-state index contributed by atoms with van der Waals surface area (Å²) in [6, 6.07) is 12.6. The first-order valence-corrected chi connectivity index (χ1v) is 12.2. The SMILES string of the molecule is COc1ccc(C#N)cc1-c1cc(C)ncc1C(=O)Nc1nc2ccc(N3CCCCC3=O)nc2s1. The average molecular weight is 499 g/mol. The summed E-state index contributed by atoms with van der Waals surface area (Å²) in [5, 5.41) is 12.6. The van der Waals surface area contributed by atoms with Crippen LogP contribution in [-0.4, -0.2) is 40.4 Å². The van der Waals surface area contributed by atoms with E-state index in [0.29, 0.717) is 62.3 Å². The van der Waals surface area contributed by atoms with Crippen LogP contribution in [0.1, 0.15) is 40.9 Å². The zero-order valence-electron chi connectivity index (χ0n) is 19.7.